The Morgan fingerprint density at radius 1 is 1.26 bits per heavy atom. The predicted molar refractivity (Wildman–Crippen MR) is 95.6 cm³/mol. The second-order valence-electron chi connectivity index (χ2n) is 6.11. The molecule has 1 aliphatic rings. The third-order valence-corrected chi connectivity index (χ3v) is 4.16. The van der Waals surface area contributed by atoms with E-state index < -0.39 is 11.9 Å². The molecule has 0 bridgehead atoms. The van der Waals surface area contributed by atoms with Gasteiger partial charge in [0.2, 0.25) is 5.91 Å². The van der Waals surface area contributed by atoms with Crippen molar-refractivity contribution in [1.82, 2.24) is 15.2 Å². The van der Waals surface area contributed by atoms with Crippen molar-refractivity contribution in [2.75, 3.05) is 19.7 Å². The van der Waals surface area contributed by atoms with Gasteiger partial charge in [0.05, 0.1) is 12.6 Å². The SMILES string of the molecule is O=C(NC1CC(=O)N(CCOc2ccccc2)C1)c1ccnc(C(=O)O)c1. The maximum atomic E-state index is 12.3. The Bertz CT molecular complexity index is 840. The quantitative estimate of drug-likeness (QED) is 0.759. The average Bonchev–Trinajstić information content (AvgIpc) is 3.02. The van der Waals surface area contributed by atoms with Gasteiger partial charge in [0.1, 0.15) is 18.1 Å². The number of para-hydroxylation sites is 1. The number of ether oxygens (including phenoxy) is 1. The first-order valence-corrected chi connectivity index (χ1v) is 8.49. The van der Waals surface area contributed by atoms with E-state index in [-0.39, 0.29) is 29.6 Å². The van der Waals surface area contributed by atoms with E-state index >= 15 is 0 Å². The summed E-state index contributed by atoms with van der Waals surface area (Å²) in [5.74, 6) is -0.954. The van der Waals surface area contributed by atoms with Gasteiger partial charge in [-0.25, -0.2) is 9.78 Å². The Morgan fingerprint density at radius 3 is 2.78 bits per heavy atom. The van der Waals surface area contributed by atoms with E-state index in [2.05, 4.69) is 10.3 Å². The number of likely N-dealkylation sites (tertiary alicyclic amines) is 1. The molecule has 2 heterocycles. The lowest BCUT2D eigenvalue weighted by molar-refractivity contribution is -0.128. The van der Waals surface area contributed by atoms with Crippen LogP contribution in [0.2, 0.25) is 0 Å². The van der Waals surface area contributed by atoms with E-state index in [4.69, 9.17) is 9.84 Å². The number of nitrogens with zero attached hydrogens (tertiary/aromatic N) is 2. The zero-order chi connectivity index (χ0) is 19.2. The Hall–Kier alpha value is -3.42. The minimum absolute atomic E-state index is 0.0575. The molecule has 1 aromatic heterocycles. The van der Waals surface area contributed by atoms with Crippen molar-refractivity contribution >= 4 is 17.8 Å². The highest BCUT2D eigenvalue weighted by Crippen LogP contribution is 2.13. The van der Waals surface area contributed by atoms with Crippen LogP contribution in [-0.2, 0) is 4.79 Å². The molecule has 0 aliphatic carbocycles. The molecule has 1 unspecified atom stereocenters. The smallest absolute Gasteiger partial charge is 0.354 e. The summed E-state index contributed by atoms with van der Waals surface area (Å²) in [7, 11) is 0. The van der Waals surface area contributed by atoms with Gasteiger partial charge >= 0.3 is 5.97 Å². The van der Waals surface area contributed by atoms with Crippen molar-refractivity contribution in [2.24, 2.45) is 0 Å². The molecule has 1 saturated heterocycles. The van der Waals surface area contributed by atoms with Crippen molar-refractivity contribution in [2.45, 2.75) is 12.5 Å². The molecule has 2 N–H and O–H groups in total. The fraction of sp³-hybridized carbons (Fsp3) is 0.263. The van der Waals surface area contributed by atoms with E-state index in [0.717, 1.165) is 5.75 Å². The number of hydrogen-bond acceptors (Lipinski definition) is 5. The largest absolute Gasteiger partial charge is 0.492 e. The number of benzene rings is 1. The first-order chi connectivity index (χ1) is 13.0. The van der Waals surface area contributed by atoms with Gasteiger partial charge in [0, 0.05) is 24.7 Å². The number of carboxylic acids is 1. The third kappa shape index (κ3) is 4.81. The first-order valence-electron chi connectivity index (χ1n) is 8.49. The van der Waals surface area contributed by atoms with Gasteiger partial charge in [-0.2, -0.15) is 0 Å². The highest BCUT2D eigenvalue weighted by molar-refractivity contribution is 5.97. The van der Waals surface area contributed by atoms with E-state index in [0.29, 0.717) is 19.7 Å². The van der Waals surface area contributed by atoms with Crippen LogP contribution in [0.5, 0.6) is 5.75 Å². The molecule has 2 aromatic rings. The molecule has 140 valence electrons. The van der Waals surface area contributed by atoms with Crippen molar-refractivity contribution in [1.29, 1.82) is 0 Å². The minimum atomic E-state index is -1.20. The number of carbonyl (C=O) groups is 3. The number of rotatable bonds is 7. The summed E-state index contributed by atoms with van der Waals surface area (Å²) in [6.07, 6.45) is 1.47. The molecule has 8 heteroatoms. The summed E-state index contributed by atoms with van der Waals surface area (Å²) in [6.45, 7) is 1.18. The summed E-state index contributed by atoms with van der Waals surface area (Å²) in [6, 6.07) is 11.6. The molecule has 27 heavy (non-hydrogen) atoms. The maximum Gasteiger partial charge on any atom is 0.354 e. The monoisotopic (exact) mass is 369 g/mol. The van der Waals surface area contributed by atoms with Crippen LogP contribution >= 0.6 is 0 Å². The number of aromatic carboxylic acids is 1. The zero-order valence-corrected chi connectivity index (χ0v) is 14.5. The van der Waals surface area contributed by atoms with Crippen molar-refractivity contribution in [3.63, 3.8) is 0 Å². The van der Waals surface area contributed by atoms with Crippen LogP contribution in [0.4, 0.5) is 0 Å². The molecular weight excluding hydrogens is 350 g/mol. The van der Waals surface area contributed by atoms with Gasteiger partial charge < -0.3 is 20.1 Å². The topological polar surface area (TPSA) is 109 Å². The van der Waals surface area contributed by atoms with Crippen LogP contribution in [0.15, 0.2) is 48.7 Å². The van der Waals surface area contributed by atoms with Gasteiger partial charge in [-0.1, -0.05) is 18.2 Å². The van der Waals surface area contributed by atoms with Crippen LogP contribution in [0, 0.1) is 0 Å². The number of hydrogen-bond donors (Lipinski definition) is 2. The van der Waals surface area contributed by atoms with Crippen LogP contribution < -0.4 is 10.1 Å². The molecule has 0 spiro atoms. The molecule has 1 aromatic carbocycles. The number of nitrogens with one attached hydrogen (secondary N) is 1. The predicted octanol–water partition coefficient (Wildman–Crippen LogP) is 1.19. The number of carbonyl (C=O) groups excluding carboxylic acids is 2. The van der Waals surface area contributed by atoms with Crippen molar-refractivity contribution in [3.8, 4) is 5.75 Å². The number of carboxylic acid groups (broad SMARTS) is 1. The molecule has 8 nitrogen and oxygen atoms in total. The molecule has 2 amide bonds. The zero-order valence-electron chi connectivity index (χ0n) is 14.5. The summed E-state index contributed by atoms with van der Waals surface area (Å²) >= 11 is 0. The molecule has 0 radical (unpaired) electrons. The molecule has 0 saturated carbocycles. The highest BCUT2D eigenvalue weighted by atomic mass is 16.5. The van der Waals surface area contributed by atoms with E-state index in [1.165, 1.54) is 18.3 Å². The molecule has 3 rings (SSSR count). The summed E-state index contributed by atoms with van der Waals surface area (Å²) in [4.78, 5) is 40.7. The van der Waals surface area contributed by atoms with Gasteiger partial charge in [-0.3, -0.25) is 9.59 Å². The fourth-order valence-corrected chi connectivity index (χ4v) is 2.83. The Labute approximate surface area is 155 Å². The lowest BCUT2D eigenvalue weighted by Gasteiger charge is -2.17. The van der Waals surface area contributed by atoms with E-state index in [9.17, 15) is 14.4 Å². The molecule has 1 atom stereocenters. The van der Waals surface area contributed by atoms with E-state index in [1.807, 2.05) is 30.3 Å². The minimum Gasteiger partial charge on any atom is -0.492 e. The second-order valence-corrected chi connectivity index (χ2v) is 6.11. The second kappa shape index (κ2) is 8.31. The van der Waals surface area contributed by atoms with Gasteiger partial charge in [0.15, 0.2) is 0 Å². The number of pyridine rings is 1. The molecule has 1 aliphatic heterocycles. The summed E-state index contributed by atoms with van der Waals surface area (Å²) < 4.78 is 5.59. The lowest BCUT2D eigenvalue weighted by Crippen LogP contribution is -2.38. The van der Waals surface area contributed by atoms with Crippen molar-refractivity contribution in [3.05, 3.63) is 59.9 Å². The number of aromatic nitrogens is 1. The first kappa shape index (κ1) is 18.4. The van der Waals surface area contributed by atoms with Crippen molar-refractivity contribution < 1.29 is 24.2 Å². The molecule has 1 fully saturated rings. The Morgan fingerprint density at radius 2 is 2.04 bits per heavy atom. The Kier molecular flexibility index (Phi) is 5.65. The van der Waals surface area contributed by atoms with E-state index in [1.54, 1.807) is 4.90 Å². The molecular formula is C19H19N3O5. The third-order valence-electron chi connectivity index (χ3n) is 4.16. The lowest BCUT2D eigenvalue weighted by atomic mass is 10.2. The summed E-state index contributed by atoms with van der Waals surface area (Å²) in [5, 5.41) is 11.7. The summed E-state index contributed by atoms with van der Waals surface area (Å²) in [5.41, 5.74) is -0.00875. The van der Waals surface area contributed by atoms with Crippen LogP contribution in [0.1, 0.15) is 27.3 Å². The maximum absolute atomic E-state index is 12.3. The normalized spacial score (nSPS) is 16.2. The van der Waals surface area contributed by atoms with Crippen LogP contribution in [-0.4, -0.2) is 58.5 Å². The highest BCUT2D eigenvalue weighted by Gasteiger charge is 2.30. The van der Waals surface area contributed by atoms with Crippen LogP contribution in [0.25, 0.3) is 0 Å². The number of amides is 2. The van der Waals surface area contributed by atoms with Gasteiger partial charge in [-0.15, -0.1) is 0 Å². The standard InChI is InChI=1S/C19H19N3O5/c23-17-11-14(12-22(17)8-9-27-15-4-2-1-3-5-15)21-18(24)13-6-7-20-16(10-13)19(25)26/h1-7,10,14H,8-9,11-12H2,(H,21,24)(H,25,26). The van der Waals surface area contributed by atoms with Crippen LogP contribution in [0.3, 0.4) is 0 Å². The average molecular weight is 369 g/mol. The fourth-order valence-electron chi connectivity index (χ4n) is 2.83. The van der Waals surface area contributed by atoms with Gasteiger partial charge in [0.25, 0.3) is 5.91 Å². The van der Waals surface area contributed by atoms with Gasteiger partial charge in [-0.05, 0) is 24.3 Å². The Balaban J connectivity index is 1.50.